The fourth-order valence-corrected chi connectivity index (χ4v) is 2.17. The molecule has 9 heteroatoms. The zero-order chi connectivity index (χ0) is 17.8. The van der Waals surface area contributed by atoms with Crippen LogP contribution in [0.1, 0.15) is 5.56 Å². The third kappa shape index (κ3) is 3.50. The van der Waals surface area contributed by atoms with Gasteiger partial charge in [0.25, 0.3) is 11.6 Å². The van der Waals surface area contributed by atoms with Crippen LogP contribution in [0.2, 0.25) is 0 Å². The second-order valence-electron chi connectivity index (χ2n) is 5.05. The van der Waals surface area contributed by atoms with Crippen LogP contribution in [0.5, 0.6) is 17.2 Å². The van der Waals surface area contributed by atoms with Crippen LogP contribution in [0.15, 0.2) is 47.6 Å². The Balaban J connectivity index is 1.64. The second-order valence-corrected chi connectivity index (χ2v) is 5.05. The van der Waals surface area contributed by atoms with Crippen molar-refractivity contribution < 1.29 is 24.3 Å². The summed E-state index contributed by atoms with van der Waals surface area (Å²) in [4.78, 5) is 22.0. The molecule has 0 aliphatic carbocycles. The number of carbonyl (C=O) groups excluding carboxylic acids is 1. The lowest BCUT2D eigenvalue weighted by Crippen LogP contribution is -2.42. The van der Waals surface area contributed by atoms with Crippen LogP contribution in [-0.4, -0.2) is 29.8 Å². The van der Waals surface area contributed by atoms with E-state index >= 15 is 0 Å². The Bertz CT molecular complexity index is 852. The van der Waals surface area contributed by atoms with Crippen LogP contribution in [-0.2, 0) is 4.79 Å². The van der Waals surface area contributed by atoms with E-state index < -0.39 is 28.4 Å². The minimum Gasteiger partial charge on any atom is -0.867 e. The molecule has 1 atom stereocenters. The van der Waals surface area contributed by atoms with E-state index in [9.17, 15) is 20.0 Å². The van der Waals surface area contributed by atoms with Gasteiger partial charge in [0.2, 0.25) is 6.10 Å². The number of para-hydroxylation sites is 3. The van der Waals surface area contributed by atoms with Gasteiger partial charge in [0, 0.05) is 6.07 Å². The standard InChI is InChI=1S/C16H13N3O6/c20-15-10(4-3-5-11(15)19(22)23)8-17-18-16(21)14-9-24-12-6-1-2-7-13(12)25-14/h1-8,14,20H,9H2,(H,18,21)/p-1/b17-8+/t14-/m0/s1. The van der Waals surface area contributed by atoms with Crippen molar-refractivity contribution in [3.63, 3.8) is 0 Å². The summed E-state index contributed by atoms with van der Waals surface area (Å²) in [6.45, 7) is 0.0159. The third-order valence-corrected chi connectivity index (χ3v) is 3.40. The van der Waals surface area contributed by atoms with E-state index in [1.807, 2.05) is 0 Å². The van der Waals surface area contributed by atoms with Crippen molar-refractivity contribution in [1.29, 1.82) is 0 Å². The van der Waals surface area contributed by atoms with Crippen molar-refractivity contribution in [2.75, 3.05) is 6.61 Å². The third-order valence-electron chi connectivity index (χ3n) is 3.40. The van der Waals surface area contributed by atoms with Gasteiger partial charge in [0.15, 0.2) is 11.5 Å². The number of hydrogen-bond donors (Lipinski definition) is 1. The maximum Gasteiger partial charge on any atom is 0.284 e. The number of fused-ring (bicyclic) bond motifs is 1. The number of carbonyl (C=O) groups is 1. The minimum atomic E-state index is -0.899. The lowest BCUT2D eigenvalue weighted by atomic mass is 10.2. The zero-order valence-electron chi connectivity index (χ0n) is 12.7. The lowest BCUT2D eigenvalue weighted by Gasteiger charge is -2.24. The highest BCUT2D eigenvalue weighted by atomic mass is 16.6. The van der Waals surface area contributed by atoms with E-state index in [1.54, 1.807) is 24.3 Å². The van der Waals surface area contributed by atoms with E-state index in [2.05, 4.69) is 10.5 Å². The molecule has 0 radical (unpaired) electrons. The summed E-state index contributed by atoms with van der Waals surface area (Å²) in [7, 11) is 0. The Morgan fingerprint density at radius 3 is 2.76 bits per heavy atom. The van der Waals surface area contributed by atoms with E-state index in [-0.39, 0.29) is 12.2 Å². The maximum absolute atomic E-state index is 12.0. The van der Waals surface area contributed by atoms with E-state index in [4.69, 9.17) is 9.47 Å². The molecule has 1 aliphatic heterocycles. The molecule has 9 nitrogen and oxygen atoms in total. The fourth-order valence-electron chi connectivity index (χ4n) is 2.17. The first-order chi connectivity index (χ1) is 12.1. The van der Waals surface area contributed by atoms with Crippen LogP contribution in [0.3, 0.4) is 0 Å². The number of nitrogens with one attached hydrogen (secondary N) is 1. The van der Waals surface area contributed by atoms with Crippen molar-refractivity contribution in [1.82, 2.24) is 5.43 Å². The van der Waals surface area contributed by atoms with Gasteiger partial charge in [-0.15, -0.1) is 0 Å². The Labute approximate surface area is 141 Å². The molecule has 2 aromatic rings. The smallest absolute Gasteiger partial charge is 0.284 e. The van der Waals surface area contributed by atoms with Gasteiger partial charge in [-0.1, -0.05) is 24.3 Å². The summed E-state index contributed by atoms with van der Waals surface area (Å²) in [5, 5.41) is 26.2. The van der Waals surface area contributed by atoms with Crippen LogP contribution in [0, 0.1) is 10.1 Å². The highest BCUT2D eigenvalue weighted by molar-refractivity contribution is 5.87. The topological polar surface area (TPSA) is 126 Å². The SMILES string of the molecule is O=C(N/N=C/c1cccc([N+](=O)[O-])c1[O-])[C@@H]1COc2ccccc2O1. The molecule has 0 aromatic heterocycles. The molecule has 2 aromatic carbocycles. The highest BCUT2D eigenvalue weighted by Crippen LogP contribution is 2.30. The van der Waals surface area contributed by atoms with E-state index in [0.29, 0.717) is 11.5 Å². The summed E-state index contributed by atoms with van der Waals surface area (Å²) in [6, 6.07) is 10.7. The van der Waals surface area contributed by atoms with Gasteiger partial charge in [-0.3, -0.25) is 14.9 Å². The largest absolute Gasteiger partial charge is 0.867 e. The van der Waals surface area contributed by atoms with Crippen LogP contribution in [0.4, 0.5) is 5.69 Å². The highest BCUT2D eigenvalue weighted by Gasteiger charge is 2.26. The van der Waals surface area contributed by atoms with Crippen molar-refractivity contribution in [2.24, 2.45) is 5.10 Å². The number of nitro benzene ring substituents is 1. The molecule has 1 heterocycles. The molecule has 0 saturated heterocycles. The number of rotatable bonds is 4. The first kappa shape index (κ1) is 16.2. The molecule has 0 fully saturated rings. The van der Waals surface area contributed by atoms with Crippen molar-refractivity contribution >= 4 is 17.8 Å². The number of benzene rings is 2. The van der Waals surface area contributed by atoms with Crippen molar-refractivity contribution in [2.45, 2.75) is 6.10 Å². The van der Waals surface area contributed by atoms with Gasteiger partial charge >= 0.3 is 0 Å². The first-order valence-electron chi connectivity index (χ1n) is 7.22. The summed E-state index contributed by atoms with van der Waals surface area (Å²) in [5.41, 5.74) is 1.65. The second kappa shape index (κ2) is 6.87. The zero-order valence-corrected chi connectivity index (χ0v) is 12.7. The Kier molecular flexibility index (Phi) is 4.46. The number of ether oxygens (including phenoxy) is 2. The molecule has 1 amide bonds. The molecular weight excluding hydrogens is 330 g/mol. The van der Waals surface area contributed by atoms with Crippen LogP contribution >= 0.6 is 0 Å². The lowest BCUT2D eigenvalue weighted by molar-refractivity contribution is -0.398. The monoisotopic (exact) mass is 342 g/mol. The predicted octanol–water partition coefficient (Wildman–Crippen LogP) is 0.958. The summed E-state index contributed by atoms with van der Waals surface area (Å²) < 4.78 is 10.9. The molecule has 1 aliphatic rings. The molecule has 0 unspecified atom stereocenters. The quantitative estimate of drug-likeness (QED) is 0.501. The van der Waals surface area contributed by atoms with Gasteiger partial charge in [-0.25, -0.2) is 5.43 Å². The molecule has 3 rings (SSSR count). The minimum absolute atomic E-state index is 0.0133. The number of nitrogens with zero attached hydrogens (tertiary/aromatic N) is 2. The molecule has 0 saturated carbocycles. The van der Waals surface area contributed by atoms with Gasteiger partial charge in [0.1, 0.15) is 6.61 Å². The maximum atomic E-state index is 12.0. The molecule has 0 bridgehead atoms. The van der Waals surface area contributed by atoms with Crippen LogP contribution < -0.4 is 20.0 Å². The molecule has 1 N–H and O–H groups in total. The molecule has 128 valence electrons. The number of hydrogen-bond acceptors (Lipinski definition) is 7. The Morgan fingerprint density at radius 2 is 2.00 bits per heavy atom. The van der Waals surface area contributed by atoms with Gasteiger partial charge in [-0.2, -0.15) is 5.10 Å². The van der Waals surface area contributed by atoms with E-state index in [0.717, 1.165) is 12.3 Å². The molecule has 0 spiro atoms. The summed E-state index contributed by atoms with van der Waals surface area (Å²) in [6.07, 6.45) is 0.147. The van der Waals surface area contributed by atoms with Crippen molar-refractivity contribution in [3.05, 3.63) is 58.1 Å². The number of hydrazone groups is 1. The van der Waals surface area contributed by atoms with E-state index in [1.165, 1.54) is 12.1 Å². The number of amides is 1. The number of nitro groups is 1. The average molecular weight is 342 g/mol. The van der Waals surface area contributed by atoms with Gasteiger partial charge in [-0.05, 0) is 23.4 Å². The Morgan fingerprint density at radius 1 is 1.24 bits per heavy atom. The van der Waals surface area contributed by atoms with Crippen LogP contribution in [0.25, 0.3) is 0 Å². The fraction of sp³-hybridized carbons (Fsp3) is 0.125. The summed E-state index contributed by atoms with van der Waals surface area (Å²) in [5.74, 6) is -0.360. The Hall–Kier alpha value is -3.62. The molecule has 25 heavy (non-hydrogen) atoms. The predicted molar refractivity (Wildman–Crippen MR) is 84.6 cm³/mol. The summed E-state index contributed by atoms with van der Waals surface area (Å²) >= 11 is 0. The van der Waals surface area contributed by atoms with Gasteiger partial charge < -0.3 is 14.6 Å². The first-order valence-corrected chi connectivity index (χ1v) is 7.22. The van der Waals surface area contributed by atoms with Crippen molar-refractivity contribution in [3.8, 4) is 17.2 Å². The van der Waals surface area contributed by atoms with Gasteiger partial charge in [0.05, 0.1) is 11.1 Å². The molecular formula is C16H12N3O6-. The average Bonchev–Trinajstić information content (AvgIpc) is 2.62. The normalized spacial score (nSPS) is 15.8.